The number of carbonyl (C=O) groups is 2. The van der Waals surface area contributed by atoms with Crippen molar-refractivity contribution < 1.29 is 14.7 Å². The van der Waals surface area contributed by atoms with E-state index in [-0.39, 0.29) is 18.6 Å². The molecule has 0 aliphatic carbocycles. The molecule has 0 unspecified atom stereocenters. The molecule has 0 aliphatic heterocycles. The maximum atomic E-state index is 11.7. The average Bonchev–Trinajstić information content (AvgIpc) is 2.21. The van der Waals surface area contributed by atoms with Gasteiger partial charge in [0.1, 0.15) is 0 Å². The van der Waals surface area contributed by atoms with Crippen LogP contribution in [0.5, 0.6) is 0 Å². The van der Waals surface area contributed by atoms with Crippen molar-refractivity contribution in [2.24, 2.45) is 0 Å². The number of rotatable bonds is 4. The van der Waals surface area contributed by atoms with Gasteiger partial charge in [-0.05, 0) is 37.1 Å². The number of hydrogen-bond acceptors (Lipinski definition) is 2. The Balaban J connectivity index is 2.88. The highest BCUT2D eigenvalue weighted by Crippen LogP contribution is 2.23. The van der Waals surface area contributed by atoms with Gasteiger partial charge in [0.05, 0.1) is 6.42 Å². The summed E-state index contributed by atoms with van der Waals surface area (Å²) in [7, 11) is 0. The molecule has 0 radical (unpaired) electrons. The number of aryl methyl sites for hydroxylation is 2. The second kappa shape index (κ2) is 5.25. The molecule has 4 heteroatoms. The Bertz CT molecular complexity index is 415. The van der Waals surface area contributed by atoms with E-state index < -0.39 is 5.97 Å². The van der Waals surface area contributed by atoms with E-state index in [1.807, 2.05) is 13.8 Å². The van der Waals surface area contributed by atoms with Crippen LogP contribution in [-0.4, -0.2) is 16.9 Å². The Kier molecular flexibility index (Phi) is 4.24. The quantitative estimate of drug-likeness (QED) is 0.865. The SMILES string of the molecule is Cc1cc(C(=O)CCC(=O)O)cc(C)c1Br. The van der Waals surface area contributed by atoms with E-state index >= 15 is 0 Å². The number of carbonyl (C=O) groups excluding carboxylic acids is 1. The van der Waals surface area contributed by atoms with E-state index in [1.54, 1.807) is 12.1 Å². The van der Waals surface area contributed by atoms with Crippen LogP contribution in [0.2, 0.25) is 0 Å². The molecular formula is C12H13BrO3. The summed E-state index contributed by atoms with van der Waals surface area (Å²) in [6, 6.07) is 3.56. The van der Waals surface area contributed by atoms with Crippen LogP contribution in [0.3, 0.4) is 0 Å². The van der Waals surface area contributed by atoms with Crippen molar-refractivity contribution >= 4 is 27.7 Å². The number of halogens is 1. The molecular weight excluding hydrogens is 272 g/mol. The van der Waals surface area contributed by atoms with Crippen molar-refractivity contribution in [3.05, 3.63) is 33.3 Å². The molecule has 1 N–H and O–H groups in total. The van der Waals surface area contributed by atoms with Gasteiger partial charge in [-0.2, -0.15) is 0 Å². The zero-order valence-electron chi connectivity index (χ0n) is 9.21. The molecule has 0 saturated carbocycles. The van der Waals surface area contributed by atoms with Gasteiger partial charge in [-0.1, -0.05) is 15.9 Å². The monoisotopic (exact) mass is 284 g/mol. The van der Waals surface area contributed by atoms with Gasteiger partial charge in [0.2, 0.25) is 0 Å². The van der Waals surface area contributed by atoms with Crippen molar-refractivity contribution in [2.45, 2.75) is 26.7 Å². The molecule has 0 bridgehead atoms. The topological polar surface area (TPSA) is 54.4 Å². The molecule has 0 atom stereocenters. The van der Waals surface area contributed by atoms with Gasteiger partial charge in [0.15, 0.2) is 5.78 Å². The highest BCUT2D eigenvalue weighted by Gasteiger charge is 2.11. The Morgan fingerprint density at radius 2 is 1.69 bits per heavy atom. The molecule has 0 aromatic heterocycles. The number of aliphatic carboxylic acids is 1. The first kappa shape index (κ1) is 12.9. The zero-order valence-corrected chi connectivity index (χ0v) is 10.8. The van der Waals surface area contributed by atoms with Gasteiger partial charge in [-0.25, -0.2) is 0 Å². The van der Waals surface area contributed by atoms with Gasteiger partial charge in [-0.15, -0.1) is 0 Å². The molecule has 0 amide bonds. The maximum absolute atomic E-state index is 11.7. The van der Waals surface area contributed by atoms with Crippen molar-refractivity contribution in [1.82, 2.24) is 0 Å². The second-order valence-electron chi connectivity index (χ2n) is 3.74. The summed E-state index contributed by atoms with van der Waals surface area (Å²) < 4.78 is 0.988. The lowest BCUT2D eigenvalue weighted by molar-refractivity contribution is -0.136. The predicted molar refractivity (Wildman–Crippen MR) is 64.8 cm³/mol. The van der Waals surface area contributed by atoms with Crippen molar-refractivity contribution in [3.63, 3.8) is 0 Å². The van der Waals surface area contributed by atoms with Gasteiger partial charge in [0.25, 0.3) is 0 Å². The van der Waals surface area contributed by atoms with E-state index in [2.05, 4.69) is 15.9 Å². The maximum Gasteiger partial charge on any atom is 0.303 e. The van der Waals surface area contributed by atoms with Crippen molar-refractivity contribution in [2.75, 3.05) is 0 Å². The largest absolute Gasteiger partial charge is 0.481 e. The van der Waals surface area contributed by atoms with E-state index in [0.29, 0.717) is 5.56 Å². The standard InChI is InChI=1S/C12H13BrO3/c1-7-5-9(6-8(2)12(7)13)10(14)3-4-11(15)16/h5-6H,3-4H2,1-2H3,(H,15,16). The van der Waals surface area contributed by atoms with Crippen LogP contribution in [0.4, 0.5) is 0 Å². The van der Waals surface area contributed by atoms with E-state index in [1.165, 1.54) is 0 Å². The lowest BCUT2D eigenvalue weighted by Gasteiger charge is -2.06. The van der Waals surface area contributed by atoms with Crippen LogP contribution in [0.15, 0.2) is 16.6 Å². The average molecular weight is 285 g/mol. The summed E-state index contributed by atoms with van der Waals surface area (Å²) in [6.07, 6.45) is -0.0666. The number of ketones is 1. The third-order valence-corrected chi connectivity index (χ3v) is 3.58. The Morgan fingerprint density at radius 3 is 2.12 bits per heavy atom. The van der Waals surface area contributed by atoms with Gasteiger partial charge < -0.3 is 5.11 Å². The minimum Gasteiger partial charge on any atom is -0.481 e. The van der Waals surface area contributed by atoms with Gasteiger partial charge in [0, 0.05) is 16.5 Å². The fourth-order valence-electron chi connectivity index (χ4n) is 1.47. The lowest BCUT2D eigenvalue weighted by atomic mass is 10.0. The second-order valence-corrected chi connectivity index (χ2v) is 4.53. The van der Waals surface area contributed by atoms with Crippen LogP contribution < -0.4 is 0 Å². The van der Waals surface area contributed by atoms with E-state index in [4.69, 9.17) is 5.11 Å². The number of benzene rings is 1. The third kappa shape index (κ3) is 3.17. The lowest BCUT2D eigenvalue weighted by Crippen LogP contribution is -2.04. The molecule has 0 fully saturated rings. The van der Waals surface area contributed by atoms with Crippen LogP contribution in [0.25, 0.3) is 0 Å². The molecule has 1 rings (SSSR count). The minimum atomic E-state index is -0.945. The van der Waals surface area contributed by atoms with E-state index in [9.17, 15) is 9.59 Å². The minimum absolute atomic E-state index is 0.0514. The summed E-state index contributed by atoms with van der Waals surface area (Å²) in [5.41, 5.74) is 2.55. The van der Waals surface area contributed by atoms with Crippen LogP contribution in [0, 0.1) is 13.8 Å². The number of hydrogen-bond donors (Lipinski definition) is 1. The highest BCUT2D eigenvalue weighted by molar-refractivity contribution is 9.10. The Hall–Kier alpha value is -1.16. The number of carboxylic acids is 1. The molecule has 3 nitrogen and oxygen atoms in total. The summed E-state index contributed by atoms with van der Waals surface area (Å²) in [4.78, 5) is 22.0. The molecule has 1 aromatic rings. The summed E-state index contributed by atoms with van der Waals surface area (Å²) in [6.45, 7) is 3.82. The molecule has 0 spiro atoms. The normalized spacial score (nSPS) is 10.2. The first-order valence-electron chi connectivity index (χ1n) is 4.93. The Morgan fingerprint density at radius 1 is 1.19 bits per heavy atom. The summed E-state index contributed by atoms with van der Waals surface area (Å²) in [5, 5.41) is 8.50. The fourth-order valence-corrected chi connectivity index (χ4v) is 1.70. The summed E-state index contributed by atoms with van der Waals surface area (Å²) in [5.74, 6) is -1.07. The van der Waals surface area contributed by atoms with Crippen LogP contribution in [0.1, 0.15) is 34.3 Å². The number of carboxylic acid groups (broad SMARTS) is 1. The fraction of sp³-hybridized carbons (Fsp3) is 0.333. The predicted octanol–water partition coefficient (Wildman–Crippen LogP) is 3.11. The first-order valence-corrected chi connectivity index (χ1v) is 5.73. The third-order valence-electron chi connectivity index (χ3n) is 2.32. The van der Waals surface area contributed by atoms with Gasteiger partial charge >= 0.3 is 5.97 Å². The molecule has 0 heterocycles. The molecule has 86 valence electrons. The molecule has 1 aromatic carbocycles. The van der Waals surface area contributed by atoms with Crippen molar-refractivity contribution in [3.8, 4) is 0 Å². The molecule has 0 saturated heterocycles. The molecule has 0 aliphatic rings. The summed E-state index contributed by atoms with van der Waals surface area (Å²) >= 11 is 3.42. The van der Waals surface area contributed by atoms with Crippen LogP contribution in [-0.2, 0) is 4.79 Å². The first-order chi connectivity index (χ1) is 7.41. The Labute approximate surface area is 103 Å². The van der Waals surface area contributed by atoms with Crippen molar-refractivity contribution in [1.29, 1.82) is 0 Å². The smallest absolute Gasteiger partial charge is 0.303 e. The highest BCUT2D eigenvalue weighted by atomic mass is 79.9. The number of Topliss-reactive ketones (excluding diaryl/α,β-unsaturated/α-hetero) is 1. The van der Waals surface area contributed by atoms with Gasteiger partial charge in [-0.3, -0.25) is 9.59 Å². The zero-order chi connectivity index (χ0) is 12.3. The van der Waals surface area contributed by atoms with E-state index in [0.717, 1.165) is 15.6 Å². The molecule has 16 heavy (non-hydrogen) atoms. The van der Waals surface area contributed by atoms with Crippen LogP contribution >= 0.6 is 15.9 Å².